The fourth-order valence-electron chi connectivity index (χ4n) is 4.28. The van der Waals surface area contributed by atoms with Crippen molar-refractivity contribution in [1.29, 1.82) is 0 Å². The van der Waals surface area contributed by atoms with Crippen LogP contribution in [0.2, 0.25) is 0 Å². The van der Waals surface area contributed by atoms with E-state index in [1.165, 1.54) is 35.4 Å². The number of thiophene rings is 1. The molecule has 1 aliphatic carbocycles. The Morgan fingerprint density at radius 1 is 1.12 bits per heavy atom. The smallest absolute Gasteiger partial charge is 0.198 e. The van der Waals surface area contributed by atoms with Gasteiger partial charge in [0, 0.05) is 24.8 Å². The molecule has 5 rings (SSSR count). The molecule has 1 aromatic heterocycles. The third-order valence-corrected chi connectivity index (χ3v) is 7.07. The fourth-order valence-corrected chi connectivity index (χ4v) is 5.66. The van der Waals surface area contributed by atoms with Crippen molar-refractivity contribution in [1.82, 2.24) is 5.01 Å². The zero-order valence-electron chi connectivity index (χ0n) is 13.4. The highest BCUT2D eigenvalue weighted by Gasteiger charge is 2.50. The second kappa shape index (κ2) is 5.60. The number of hydrogen-bond donors (Lipinski definition) is 0. The van der Waals surface area contributed by atoms with Crippen LogP contribution in [-0.4, -0.2) is 16.4 Å². The molecule has 2 aromatic rings. The number of fused-ring (bicyclic) bond motifs is 4. The third-order valence-electron chi connectivity index (χ3n) is 5.40. The number of ether oxygens (including phenoxy) is 1. The lowest BCUT2D eigenvalue weighted by molar-refractivity contribution is -0.140. The maximum absolute atomic E-state index is 6.58. The highest BCUT2D eigenvalue weighted by Crippen LogP contribution is 2.51. The van der Waals surface area contributed by atoms with Gasteiger partial charge in [-0.15, -0.1) is 11.3 Å². The summed E-state index contributed by atoms with van der Waals surface area (Å²) in [5, 5.41) is 7.39. The van der Waals surface area contributed by atoms with Crippen molar-refractivity contribution in [2.24, 2.45) is 5.10 Å². The third kappa shape index (κ3) is 2.25. The Morgan fingerprint density at radius 3 is 2.75 bits per heavy atom. The molecule has 1 fully saturated rings. The van der Waals surface area contributed by atoms with Crippen LogP contribution in [0.5, 0.6) is 5.75 Å². The van der Waals surface area contributed by atoms with E-state index < -0.39 is 0 Å². The van der Waals surface area contributed by atoms with Gasteiger partial charge in [-0.1, -0.05) is 24.6 Å². The van der Waals surface area contributed by atoms with Crippen LogP contribution in [0.15, 0.2) is 45.3 Å². The first kappa shape index (κ1) is 15.0. The van der Waals surface area contributed by atoms with Gasteiger partial charge in [-0.3, -0.25) is 0 Å². The summed E-state index contributed by atoms with van der Waals surface area (Å²) in [5.74, 6) is 1.06. The van der Waals surface area contributed by atoms with Crippen LogP contribution in [0.3, 0.4) is 0 Å². The Hall–Kier alpha value is -1.33. The van der Waals surface area contributed by atoms with E-state index in [0.29, 0.717) is 6.04 Å². The molecule has 0 radical (unpaired) electrons. The number of halogens is 1. The van der Waals surface area contributed by atoms with Crippen molar-refractivity contribution in [2.45, 2.75) is 50.3 Å². The second-order valence-corrected chi connectivity index (χ2v) is 9.32. The lowest BCUT2D eigenvalue weighted by Crippen LogP contribution is -2.54. The zero-order chi connectivity index (χ0) is 16.1. The van der Waals surface area contributed by atoms with Gasteiger partial charge in [0.2, 0.25) is 0 Å². The second-order valence-electron chi connectivity index (χ2n) is 6.86. The summed E-state index contributed by atoms with van der Waals surface area (Å²) in [4.78, 5) is 1.26. The largest absolute Gasteiger partial charge is 0.466 e. The van der Waals surface area contributed by atoms with Gasteiger partial charge in [0.1, 0.15) is 5.75 Å². The van der Waals surface area contributed by atoms with Gasteiger partial charge in [0.25, 0.3) is 0 Å². The van der Waals surface area contributed by atoms with Gasteiger partial charge in [-0.25, -0.2) is 5.01 Å². The van der Waals surface area contributed by atoms with Crippen molar-refractivity contribution in [2.75, 3.05) is 0 Å². The molecule has 0 bridgehead atoms. The molecule has 1 saturated carbocycles. The van der Waals surface area contributed by atoms with Crippen LogP contribution in [0, 0.1) is 0 Å². The number of hydrogen-bond acceptors (Lipinski definition) is 4. The van der Waals surface area contributed by atoms with E-state index in [2.05, 4.69) is 57.3 Å². The van der Waals surface area contributed by atoms with E-state index in [1.807, 2.05) is 0 Å². The summed E-state index contributed by atoms with van der Waals surface area (Å²) < 4.78 is 7.74. The molecule has 1 aromatic carbocycles. The molecule has 1 spiro atoms. The van der Waals surface area contributed by atoms with Crippen LogP contribution in [0.1, 0.15) is 55.0 Å². The average Bonchev–Trinajstić information content (AvgIpc) is 3.23. The van der Waals surface area contributed by atoms with Gasteiger partial charge < -0.3 is 4.74 Å². The summed E-state index contributed by atoms with van der Waals surface area (Å²) in [7, 11) is 0. The average molecular weight is 403 g/mol. The molecule has 5 heteroatoms. The van der Waals surface area contributed by atoms with Crippen LogP contribution in [-0.2, 0) is 0 Å². The zero-order valence-corrected chi connectivity index (χ0v) is 15.8. The highest BCUT2D eigenvalue weighted by molar-refractivity contribution is 9.11. The Balaban J connectivity index is 1.60. The molecule has 0 N–H and O–H groups in total. The maximum Gasteiger partial charge on any atom is 0.198 e. The Morgan fingerprint density at radius 2 is 1.96 bits per heavy atom. The van der Waals surface area contributed by atoms with Crippen molar-refractivity contribution >= 4 is 33.0 Å². The Kier molecular flexibility index (Phi) is 3.49. The minimum absolute atomic E-state index is 0.243. The van der Waals surface area contributed by atoms with Crippen LogP contribution in [0.4, 0.5) is 0 Å². The van der Waals surface area contributed by atoms with Gasteiger partial charge in [0.15, 0.2) is 5.72 Å². The number of para-hydroxylation sites is 1. The van der Waals surface area contributed by atoms with Crippen molar-refractivity contribution < 1.29 is 4.74 Å². The molecule has 0 amide bonds. The van der Waals surface area contributed by atoms with Gasteiger partial charge in [-0.2, -0.15) is 5.10 Å². The van der Waals surface area contributed by atoms with E-state index in [1.54, 1.807) is 11.3 Å². The molecule has 24 heavy (non-hydrogen) atoms. The summed E-state index contributed by atoms with van der Waals surface area (Å²) in [6.07, 6.45) is 6.86. The van der Waals surface area contributed by atoms with Gasteiger partial charge >= 0.3 is 0 Å². The van der Waals surface area contributed by atoms with Crippen LogP contribution < -0.4 is 4.74 Å². The lowest BCUT2D eigenvalue weighted by atomic mass is 9.87. The Bertz CT molecular complexity index is 809. The standard InChI is InChI=1S/C19H19BrN2OS/c20-18-9-8-17(24-18)14-12-15-13-6-2-3-7-16(13)23-19(22(15)21-14)10-4-1-5-11-19/h2-3,6-9,15H,1,4-5,10-12H2/t15-/m0/s1. The van der Waals surface area contributed by atoms with Crippen molar-refractivity contribution in [3.8, 4) is 5.75 Å². The summed E-state index contributed by atoms with van der Waals surface area (Å²) in [6, 6.07) is 13.1. The highest BCUT2D eigenvalue weighted by atomic mass is 79.9. The first-order valence-corrected chi connectivity index (χ1v) is 10.3. The molecular weight excluding hydrogens is 384 g/mol. The molecule has 2 aliphatic heterocycles. The van der Waals surface area contributed by atoms with E-state index in [4.69, 9.17) is 9.84 Å². The monoisotopic (exact) mass is 402 g/mol. The fraction of sp³-hybridized carbons (Fsp3) is 0.421. The molecule has 3 aliphatic rings. The maximum atomic E-state index is 6.58. The summed E-state index contributed by atoms with van der Waals surface area (Å²) in [6.45, 7) is 0. The van der Waals surface area contributed by atoms with E-state index in [0.717, 1.165) is 28.8 Å². The first-order chi connectivity index (χ1) is 11.8. The predicted molar refractivity (Wildman–Crippen MR) is 101 cm³/mol. The summed E-state index contributed by atoms with van der Waals surface area (Å²) >= 11 is 5.34. The topological polar surface area (TPSA) is 24.8 Å². The minimum Gasteiger partial charge on any atom is -0.466 e. The Labute approximate surface area is 154 Å². The number of hydrazone groups is 1. The van der Waals surface area contributed by atoms with Crippen LogP contribution >= 0.6 is 27.3 Å². The number of rotatable bonds is 1. The normalized spacial score (nSPS) is 24.3. The molecule has 124 valence electrons. The molecular formula is C19H19BrN2OS. The summed E-state index contributed by atoms with van der Waals surface area (Å²) in [5.41, 5.74) is 2.23. The molecule has 3 heterocycles. The molecule has 0 saturated heterocycles. The van der Waals surface area contributed by atoms with Crippen molar-refractivity contribution in [3.63, 3.8) is 0 Å². The van der Waals surface area contributed by atoms with Crippen LogP contribution in [0.25, 0.3) is 0 Å². The van der Waals surface area contributed by atoms with Gasteiger partial charge in [0.05, 0.1) is 20.4 Å². The van der Waals surface area contributed by atoms with E-state index >= 15 is 0 Å². The molecule has 1 atom stereocenters. The SMILES string of the molecule is Brc1ccc(C2=NN3[C@@H](C2)c2ccccc2OC32CCCCC2)s1. The number of nitrogens with zero attached hydrogens (tertiary/aromatic N) is 2. The molecule has 0 unspecified atom stereocenters. The quantitative estimate of drug-likeness (QED) is 0.609. The first-order valence-electron chi connectivity index (χ1n) is 8.66. The van der Waals surface area contributed by atoms with E-state index in [-0.39, 0.29) is 5.72 Å². The van der Waals surface area contributed by atoms with Gasteiger partial charge in [-0.05, 0) is 47.0 Å². The molecule has 3 nitrogen and oxygen atoms in total. The number of benzene rings is 1. The van der Waals surface area contributed by atoms with Crippen molar-refractivity contribution in [3.05, 3.63) is 50.6 Å². The minimum atomic E-state index is -0.243. The predicted octanol–water partition coefficient (Wildman–Crippen LogP) is 5.71. The van der Waals surface area contributed by atoms with E-state index in [9.17, 15) is 0 Å². The lowest BCUT2D eigenvalue weighted by Gasteiger charge is -2.49.